The van der Waals surface area contributed by atoms with E-state index in [-0.39, 0.29) is 5.41 Å². The van der Waals surface area contributed by atoms with E-state index in [2.05, 4.69) is 481 Å². The Hall–Kier alpha value is -17.6. The second kappa shape index (κ2) is 35.7. The van der Waals surface area contributed by atoms with Gasteiger partial charge in [0.1, 0.15) is 0 Å². The molecule has 634 valence electrons. The van der Waals surface area contributed by atoms with Crippen LogP contribution in [0.15, 0.2) is 497 Å². The van der Waals surface area contributed by atoms with Gasteiger partial charge in [-0.25, -0.2) is 29.9 Å². The molecule has 0 fully saturated rings. The van der Waals surface area contributed by atoms with Crippen LogP contribution in [0.25, 0.3) is 233 Å². The predicted octanol–water partition coefficient (Wildman–Crippen LogP) is 34.0. The third kappa shape index (κ3) is 16.2. The van der Waals surface area contributed by atoms with Gasteiger partial charge in [0.15, 0.2) is 17.5 Å². The standard InChI is InChI=1S/C44H31N3.C44H30N2.C41H27N/c1-44(2)39-27-36(21-22-37(39)38-25-32-15-8-9-16-33(32)26-40(38)44)43-46-41(34-18-10-17-31(23-34)28-11-4-3-5-12-28)45-42(47-43)35-20-19-29-13-6-7-14-30(29)24-35;1-5-15-31(16-6-1)35-25-36(32-17-7-2-8-18-32)28-39(27-35)43-44(46-42-24-14-13-23-41(42)45-43)40-29-37(33-19-9-3-10-20-33)26-38(30-40)34-21-11-4-12-22-34;1-3-12-28(13-4-1)30-22-24-37(34-18-9-7-16-32(30)34)36-20-11-21-40-39(36)26-27-41(42-40)38-25-23-31(29-14-5-2-6-15-29)33-17-8-10-19-35(33)38/h3-27H,1-2H3;1-30H;1-27H. The van der Waals surface area contributed by atoms with Gasteiger partial charge in [-0.15, -0.1) is 0 Å². The highest BCUT2D eigenvalue weighted by molar-refractivity contribution is 6.11. The highest BCUT2D eigenvalue weighted by Gasteiger charge is 2.37. The predicted molar refractivity (Wildman–Crippen MR) is 565 cm³/mol. The molecule has 25 rings (SSSR count). The van der Waals surface area contributed by atoms with E-state index in [1.165, 1.54) is 93.3 Å². The van der Waals surface area contributed by atoms with Crippen molar-refractivity contribution in [2.24, 2.45) is 0 Å². The molecule has 135 heavy (non-hydrogen) atoms. The summed E-state index contributed by atoms with van der Waals surface area (Å²) in [5, 5.41) is 11.0. The first-order chi connectivity index (χ1) is 66.6. The molecule has 3 heterocycles. The molecular weight excluding hydrogens is 1630 g/mol. The van der Waals surface area contributed by atoms with Crippen LogP contribution in [0.3, 0.4) is 0 Å². The van der Waals surface area contributed by atoms with Crippen molar-refractivity contribution in [3.05, 3.63) is 509 Å². The molecule has 21 aromatic carbocycles. The zero-order valence-corrected chi connectivity index (χ0v) is 74.5. The quantitative estimate of drug-likeness (QED) is 0.108. The number of nitrogens with zero attached hydrogens (tertiary/aromatic N) is 6. The van der Waals surface area contributed by atoms with E-state index in [4.69, 9.17) is 29.9 Å². The second-order valence-corrected chi connectivity index (χ2v) is 35.1. The lowest BCUT2D eigenvalue weighted by Crippen LogP contribution is -2.15. The number of aromatic nitrogens is 6. The largest absolute Gasteiger partial charge is 0.248 e. The summed E-state index contributed by atoms with van der Waals surface area (Å²) in [5.74, 6) is 1.99. The molecule has 0 N–H and O–H groups in total. The van der Waals surface area contributed by atoms with Crippen LogP contribution in [0.1, 0.15) is 25.0 Å². The Labute approximate surface area is 785 Å². The van der Waals surface area contributed by atoms with E-state index in [1.54, 1.807) is 0 Å². The lowest BCUT2D eigenvalue weighted by atomic mass is 9.81. The molecule has 6 nitrogen and oxygen atoms in total. The molecule has 0 aliphatic heterocycles. The average Bonchev–Trinajstić information content (AvgIpc) is 1.56. The first-order valence-corrected chi connectivity index (χ1v) is 46.1. The van der Waals surface area contributed by atoms with E-state index in [9.17, 15) is 0 Å². The van der Waals surface area contributed by atoms with Crippen molar-refractivity contribution in [1.29, 1.82) is 0 Å². The monoisotopic (exact) mass is 1720 g/mol. The van der Waals surface area contributed by atoms with Crippen molar-refractivity contribution < 1.29 is 0 Å². The van der Waals surface area contributed by atoms with Crippen LogP contribution in [0.4, 0.5) is 0 Å². The zero-order valence-electron chi connectivity index (χ0n) is 74.5. The molecule has 0 atom stereocenters. The van der Waals surface area contributed by atoms with E-state index >= 15 is 0 Å². The van der Waals surface area contributed by atoms with Gasteiger partial charge in [0.05, 0.1) is 33.6 Å². The fraction of sp³-hybridized carbons (Fsp3) is 0.0233. The molecule has 0 bridgehead atoms. The van der Waals surface area contributed by atoms with Crippen LogP contribution in [-0.2, 0) is 5.41 Å². The fourth-order valence-corrected chi connectivity index (χ4v) is 19.6. The molecule has 0 saturated heterocycles. The van der Waals surface area contributed by atoms with Crippen molar-refractivity contribution in [1.82, 2.24) is 29.9 Å². The second-order valence-electron chi connectivity index (χ2n) is 35.1. The summed E-state index contributed by atoms with van der Waals surface area (Å²) in [5.41, 5.74) is 35.5. The van der Waals surface area contributed by atoms with Crippen LogP contribution in [0.5, 0.6) is 0 Å². The lowest BCUT2D eigenvalue weighted by molar-refractivity contribution is 0.661. The van der Waals surface area contributed by atoms with Gasteiger partial charge < -0.3 is 0 Å². The van der Waals surface area contributed by atoms with Gasteiger partial charge in [-0.3, -0.25) is 0 Å². The van der Waals surface area contributed by atoms with Gasteiger partial charge in [-0.2, -0.15) is 0 Å². The van der Waals surface area contributed by atoms with Crippen LogP contribution in [-0.4, -0.2) is 29.9 Å². The number of pyridine rings is 1. The number of hydrogen-bond acceptors (Lipinski definition) is 6. The highest BCUT2D eigenvalue weighted by Crippen LogP contribution is 2.52. The van der Waals surface area contributed by atoms with E-state index in [1.807, 2.05) is 30.3 Å². The Morgan fingerprint density at radius 3 is 0.963 bits per heavy atom. The maximum Gasteiger partial charge on any atom is 0.164 e. The minimum atomic E-state index is -0.161. The molecule has 0 unspecified atom stereocenters. The maximum atomic E-state index is 5.33. The average molecular weight is 1720 g/mol. The topological polar surface area (TPSA) is 77.3 Å². The molecule has 0 radical (unpaired) electrons. The third-order valence-electron chi connectivity index (χ3n) is 26.4. The first kappa shape index (κ1) is 81.9. The van der Waals surface area contributed by atoms with Crippen molar-refractivity contribution in [2.75, 3.05) is 0 Å². The molecule has 0 spiro atoms. The van der Waals surface area contributed by atoms with Gasteiger partial charge in [0.25, 0.3) is 0 Å². The normalized spacial score (nSPS) is 11.8. The molecule has 0 amide bonds. The van der Waals surface area contributed by atoms with Gasteiger partial charge >= 0.3 is 0 Å². The molecule has 1 aliphatic rings. The Morgan fingerprint density at radius 1 is 0.148 bits per heavy atom. The fourth-order valence-electron chi connectivity index (χ4n) is 19.6. The van der Waals surface area contributed by atoms with Crippen molar-refractivity contribution in [3.8, 4) is 168 Å². The molecule has 0 saturated carbocycles. The Bertz CT molecular complexity index is 8320. The number of rotatable bonds is 14. The first-order valence-electron chi connectivity index (χ1n) is 46.1. The van der Waals surface area contributed by atoms with Crippen LogP contribution >= 0.6 is 0 Å². The summed E-state index contributed by atoms with van der Waals surface area (Å²) < 4.78 is 0. The SMILES string of the molecule is CC1(C)c2cc(-c3nc(-c4cccc(-c5ccccc5)c4)nc(-c4ccc5ccccc5c4)n3)ccc2-c2cc3ccccc3cc21.c1ccc(-c2cc(-c3ccccc3)cc(-c3nc4ccccc4nc3-c3cc(-c4ccccc4)cc(-c4ccccc4)c3)c2)cc1.c1ccc(-c2ccc(-c3ccc4c(-c5ccc(-c6ccccc6)c6ccccc56)cccc4n3)c3ccccc23)cc1. The number of fused-ring (bicyclic) bond motifs is 9. The minimum Gasteiger partial charge on any atom is -0.248 e. The van der Waals surface area contributed by atoms with Gasteiger partial charge in [0, 0.05) is 44.2 Å². The third-order valence-corrected chi connectivity index (χ3v) is 26.4. The van der Waals surface area contributed by atoms with Crippen LogP contribution < -0.4 is 0 Å². The van der Waals surface area contributed by atoms with E-state index < -0.39 is 0 Å². The lowest BCUT2D eigenvalue weighted by Gasteiger charge is -2.22. The Kier molecular flexibility index (Phi) is 21.7. The molecule has 6 heteroatoms. The van der Waals surface area contributed by atoms with Crippen molar-refractivity contribution in [3.63, 3.8) is 0 Å². The molecule has 24 aromatic rings. The summed E-state index contributed by atoms with van der Waals surface area (Å²) in [7, 11) is 0. The van der Waals surface area contributed by atoms with Crippen molar-refractivity contribution >= 4 is 65.0 Å². The smallest absolute Gasteiger partial charge is 0.164 e. The number of hydrogen-bond donors (Lipinski definition) is 0. The van der Waals surface area contributed by atoms with Gasteiger partial charge in [-0.05, 0) is 245 Å². The summed E-state index contributed by atoms with van der Waals surface area (Å²) in [6.45, 7) is 4.65. The minimum absolute atomic E-state index is 0.161. The Morgan fingerprint density at radius 2 is 0.467 bits per heavy atom. The molecule has 1 aliphatic carbocycles. The number of benzene rings is 21. The summed E-state index contributed by atoms with van der Waals surface area (Å²) >= 11 is 0. The van der Waals surface area contributed by atoms with E-state index in [0.717, 1.165) is 133 Å². The molecular formula is C129H88N6. The summed E-state index contributed by atoms with van der Waals surface area (Å²) in [4.78, 5) is 31.3. The van der Waals surface area contributed by atoms with Crippen LogP contribution in [0.2, 0.25) is 0 Å². The summed E-state index contributed by atoms with van der Waals surface area (Å²) in [6.07, 6.45) is 0. The summed E-state index contributed by atoms with van der Waals surface area (Å²) in [6, 6.07) is 176. The van der Waals surface area contributed by atoms with Gasteiger partial charge in [-0.1, -0.05) is 420 Å². The Balaban J connectivity index is 0.000000114. The zero-order chi connectivity index (χ0) is 90.1. The highest BCUT2D eigenvalue weighted by atomic mass is 15.0. The number of para-hydroxylation sites is 2. The van der Waals surface area contributed by atoms with Crippen LogP contribution in [0, 0.1) is 0 Å². The van der Waals surface area contributed by atoms with Gasteiger partial charge in [0.2, 0.25) is 0 Å². The molecule has 3 aromatic heterocycles. The van der Waals surface area contributed by atoms with E-state index in [0.29, 0.717) is 17.5 Å². The van der Waals surface area contributed by atoms with Crippen molar-refractivity contribution in [2.45, 2.75) is 19.3 Å². The maximum absolute atomic E-state index is 5.33.